The Morgan fingerprint density at radius 1 is 0.762 bits per heavy atom. The lowest BCUT2D eigenvalue weighted by atomic mass is 9.78. The Balaban J connectivity index is 0.000000441. The number of amides is 1. The third kappa shape index (κ3) is 16.7. The average Bonchev–Trinajstić information content (AvgIpc) is 2.69. The molecule has 0 unspecified atom stereocenters. The van der Waals surface area contributed by atoms with E-state index in [1.165, 1.54) is 12.0 Å². The molecule has 458 valence electrons. The molecule has 2 bridgehead atoms. The third-order valence-electron chi connectivity index (χ3n) is 17.7. The number of ketones is 3. The number of nitrogens with zero attached hydrogens (tertiary/aromatic N) is 1. The average molecular weight is 1160 g/mol. The van der Waals surface area contributed by atoms with Crippen molar-refractivity contribution < 1.29 is 67.7 Å². The van der Waals surface area contributed by atoms with Crippen molar-refractivity contribution in [3.05, 3.63) is 108 Å². The molecule has 2 aromatic carbocycles. The number of H-pyrrole nitrogens is 2. The van der Waals surface area contributed by atoms with Gasteiger partial charge in [0, 0.05) is 92.4 Å². The zero-order valence-electron chi connectivity index (χ0n) is 50.8. The second-order valence-corrected chi connectivity index (χ2v) is 24.1. The van der Waals surface area contributed by atoms with E-state index in [4.69, 9.17) is 28.4 Å². The quantitative estimate of drug-likeness (QED) is 0.0627. The van der Waals surface area contributed by atoms with E-state index in [0.29, 0.717) is 63.4 Å². The summed E-state index contributed by atoms with van der Waals surface area (Å²) < 4.78 is 35.2. The van der Waals surface area contributed by atoms with E-state index in [1.807, 2.05) is 107 Å². The normalized spacial score (nSPS) is 33.8. The van der Waals surface area contributed by atoms with Crippen molar-refractivity contribution in [1.29, 1.82) is 0 Å². The Morgan fingerprint density at radius 2 is 1.43 bits per heavy atom. The van der Waals surface area contributed by atoms with Gasteiger partial charge in [0.05, 0.1) is 24.4 Å². The zero-order valence-corrected chi connectivity index (χ0v) is 50.8. The van der Waals surface area contributed by atoms with Gasteiger partial charge in [-0.3, -0.25) is 19.2 Å². The molecule has 0 spiro atoms. The number of carbonyl (C=O) groups is 5. The van der Waals surface area contributed by atoms with Gasteiger partial charge >= 0.3 is 5.97 Å². The number of para-hydroxylation sites is 2. The number of cyclic esters (lactones) is 1. The Morgan fingerprint density at radius 3 is 2.06 bits per heavy atom. The minimum absolute atomic E-state index is 0.0193. The maximum atomic E-state index is 14.4. The van der Waals surface area contributed by atoms with E-state index in [0.717, 1.165) is 45.6 Å². The lowest BCUT2D eigenvalue weighted by molar-refractivity contribution is -0.265. The second kappa shape index (κ2) is 30.3. The van der Waals surface area contributed by atoms with Crippen LogP contribution in [-0.2, 0) is 47.7 Å². The fraction of sp³-hybridized carbons (Fsp3) is 0.567. The van der Waals surface area contributed by atoms with Crippen molar-refractivity contribution in [2.24, 2.45) is 35.5 Å². The van der Waals surface area contributed by atoms with Gasteiger partial charge in [-0.05, 0) is 119 Å². The summed E-state index contributed by atoms with van der Waals surface area (Å²) in [5, 5.41) is 36.1. The topological polar surface area (TPSA) is 236 Å². The molecular formula is C67H91N3O14. The molecule has 3 fully saturated rings. The highest BCUT2D eigenvalue weighted by molar-refractivity contribution is 6.39. The smallest absolute Gasteiger partial charge is 0.329 e. The Labute approximate surface area is 495 Å². The number of hydrogen-bond acceptors (Lipinski definition) is 14. The number of carbonyl (C=O) groups excluding carboxylic acids is 5. The van der Waals surface area contributed by atoms with Gasteiger partial charge in [0.1, 0.15) is 30.1 Å². The maximum Gasteiger partial charge on any atom is 0.329 e. The molecule has 2 aromatic heterocycles. The molecule has 1 saturated carbocycles. The number of aromatic nitrogens is 2. The van der Waals surface area contributed by atoms with Crippen LogP contribution in [0.1, 0.15) is 126 Å². The molecule has 5 N–H and O–H groups in total. The number of rotatable bonds is 8. The molecule has 17 nitrogen and oxygen atoms in total. The van der Waals surface area contributed by atoms with Crippen LogP contribution in [0.5, 0.6) is 11.8 Å². The number of aliphatic hydroxyl groups is 3. The Kier molecular flexibility index (Phi) is 23.7. The Bertz CT molecular complexity index is 2850. The molecule has 1 amide bonds. The summed E-state index contributed by atoms with van der Waals surface area (Å²) in [6.07, 6.45) is 11.2. The maximum absolute atomic E-state index is 14.4. The molecule has 3 aliphatic heterocycles. The molecule has 4 aromatic rings. The summed E-state index contributed by atoms with van der Waals surface area (Å²) >= 11 is 0. The number of aromatic amines is 2. The monoisotopic (exact) mass is 1160 g/mol. The summed E-state index contributed by atoms with van der Waals surface area (Å²) in [6, 6.07) is 19.1. The van der Waals surface area contributed by atoms with Crippen LogP contribution in [0.3, 0.4) is 0 Å². The Hall–Kier alpha value is -6.05. The van der Waals surface area contributed by atoms with Crippen LogP contribution < -0.4 is 4.74 Å². The summed E-state index contributed by atoms with van der Waals surface area (Å²) in [4.78, 5) is 78.3. The van der Waals surface area contributed by atoms with E-state index in [9.17, 15) is 39.3 Å². The van der Waals surface area contributed by atoms with E-state index in [2.05, 4.69) is 22.1 Å². The van der Waals surface area contributed by atoms with Crippen LogP contribution in [0.2, 0.25) is 0 Å². The molecule has 84 heavy (non-hydrogen) atoms. The number of Topliss-reactive ketones (excluding diaryl/α,β-unsaturated/α-hetero) is 3. The minimum atomic E-state index is -2.43. The third-order valence-corrected chi connectivity index (χ3v) is 17.7. The lowest BCUT2D eigenvalue weighted by Crippen LogP contribution is -2.61. The molecule has 15 atom stereocenters. The lowest BCUT2D eigenvalue weighted by Gasteiger charge is -2.42. The number of ether oxygens (including phenoxy) is 6. The molecule has 5 heterocycles. The molecule has 1 aliphatic carbocycles. The number of piperidine rings is 1. The van der Waals surface area contributed by atoms with Crippen LogP contribution in [-0.4, -0.2) is 142 Å². The molecule has 8 rings (SSSR count). The first kappa shape index (κ1) is 65.5. The van der Waals surface area contributed by atoms with E-state index in [-0.39, 0.29) is 54.8 Å². The highest BCUT2D eigenvalue weighted by Gasteiger charge is 2.53. The molecule has 17 heteroatoms. The van der Waals surface area contributed by atoms with Gasteiger partial charge in [-0.1, -0.05) is 107 Å². The largest absolute Gasteiger partial charge is 0.460 e. The van der Waals surface area contributed by atoms with Gasteiger partial charge in [0.25, 0.3) is 11.7 Å². The number of allylic oxidation sites excluding steroid dienone is 6. The van der Waals surface area contributed by atoms with Crippen molar-refractivity contribution in [3.63, 3.8) is 0 Å². The van der Waals surface area contributed by atoms with Crippen molar-refractivity contribution >= 4 is 51.0 Å². The SMILES string of the molecule is CO[C@H]1C[C@@H]2CC[C@@H](C)[C@@](O)(O2)C(=O)C(=O)N2CCCC[C@H]2C(=O)O[C@H]([C@H](C)C[C@@H]2CC[C@@H](O)[C@H](OC)C2)CC(=O)[C@H](C)/C=C(\C)[C@@H](O)[C@@H](OC)C(=O)[C@H](C)C[C@H](C)/C=C/C=C/C=C/1C.c1ccc2[nH]c(Oc3cc4ccccc4[nH]3)cc2c1. The molecule has 2 saturated heterocycles. The minimum Gasteiger partial charge on any atom is -0.460 e. The number of nitrogens with one attached hydrogen (secondary N) is 2. The van der Waals surface area contributed by atoms with Crippen LogP contribution in [0.15, 0.2) is 108 Å². The fourth-order valence-corrected chi connectivity index (χ4v) is 12.4. The summed E-state index contributed by atoms with van der Waals surface area (Å²) in [5.74, 6) is -6.47. The van der Waals surface area contributed by atoms with Crippen molar-refractivity contribution in [3.8, 4) is 11.8 Å². The van der Waals surface area contributed by atoms with Gasteiger partial charge in [-0.2, -0.15) is 0 Å². The molecule has 0 radical (unpaired) electrons. The van der Waals surface area contributed by atoms with Gasteiger partial charge in [0.2, 0.25) is 5.79 Å². The van der Waals surface area contributed by atoms with Crippen LogP contribution in [0.4, 0.5) is 0 Å². The number of methoxy groups -OCH3 is 3. The van der Waals surface area contributed by atoms with E-state index >= 15 is 0 Å². The van der Waals surface area contributed by atoms with Crippen molar-refractivity contribution in [1.82, 2.24) is 14.9 Å². The first-order valence-corrected chi connectivity index (χ1v) is 30.1. The number of fused-ring (bicyclic) bond motifs is 5. The fourth-order valence-electron chi connectivity index (χ4n) is 12.4. The summed E-state index contributed by atoms with van der Waals surface area (Å²) in [5.41, 5.74) is 3.42. The van der Waals surface area contributed by atoms with Crippen LogP contribution in [0, 0.1) is 35.5 Å². The highest BCUT2D eigenvalue weighted by Crippen LogP contribution is 2.38. The standard InChI is InChI=1S/C51H79NO13.C16H12N2O/c1-30-16-12-11-13-17-31(2)42(61-8)28-38-21-19-36(7)51(60,65-38)48(57)49(58)52-23-15-14-18-39(52)50(59)64-43(33(4)26-37-20-22-40(53)44(27-37)62-9)29-41(54)32(3)25-35(6)46(56)47(63-10)45(55)34(5)24-30;1-3-7-13-11(5-1)9-15(17-13)19-16-10-12-6-2-4-8-14(12)18-16/h11-13,16-17,25,30,32-34,36-40,42-44,46-47,53,56,60H,14-15,18-24,26-29H2,1-10H3;1-10,17-18H/b13-11+,16-12+,31-17+,35-25+;/t30-,32-,33-,34-,36-,37+,38+,39+,40-,42+,43+,44-,46-,47+,51-;/m1./s1. The van der Waals surface area contributed by atoms with Crippen molar-refractivity contribution in [2.45, 2.75) is 180 Å². The van der Waals surface area contributed by atoms with Crippen molar-refractivity contribution in [2.75, 3.05) is 27.9 Å². The predicted molar refractivity (Wildman–Crippen MR) is 322 cm³/mol. The van der Waals surface area contributed by atoms with Gasteiger partial charge in [0.15, 0.2) is 17.5 Å². The van der Waals surface area contributed by atoms with E-state index < -0.39 is 83.9 Å². The number of aliphatic hydroxyl groups excluding tert-OH is 2. The van der Waals surface area contributed by atoms with Gasteiger partial charge in [-0.15, -0.1) is 0 Å². The zero-order chi connectivity index (χ0) is 60.8. The summed E-state index contributed by atoms with van der Waals surface area (Å²) in [7, 11) is 4.52. The van der Waals surface area contributed by atoms with Gasteiger partial charge < -0.3 is 58.6 Å². The first-order chi connectivity index (χ1) is 40.1. The summed E-state index contributed by atoms with van der Waals surface area (Å²) in [6.45, 7) is 12.7. The van der Waals surface area contributed by atoms with Gasteiger partial charge in [-0.25, -0.2) is 4.79 Å². The second-order valence-electron chi connectivity index (χ2n) is 24.1. The molecular weight excluding hydrogens is 1070 g/mol. The number of esters is 1. The predicted octanol–water partition coefficient (Wildman–Crippen LogP) is 10.6. The number of benzene rings is 2. The van der Waals surface area contributed by atoms with E-state index in [1.54, 1.807) is 41.1 Å². The first-order valence-electron chi connectivity index (χ1n) is 30.1. The molecule has 4 aliphatic rings. The highest BCUT2D eigenvalue weighted by atomic mass is 16.6. The number of hydrogen-bond donors (Lipinski definition) is 5. The van der Waals surface area contributed by atoms with Crippen LogP contribution >= 0.6 is 0 Å². The van der Waals surface area contributed by atoms with Crippen LogP contribution in [0.25, 0.3) is 21.8 Å².